The molecule has 0 aliphatic carbocycles. The van der Waals surface area contributed by atoms with Crippen LogP contribution in [0, 0.1) is 5.82 Å². The van der Waals surface area contributed by atoms with Gasteiger partial charge in [-0.05, 0) is 36.4 Å². The van der Waals surface area contributed by atoms with Gasteiger partial charge in [0.2, 0.25) is 0 Å². The maximum Gasteiger partial charge on any atom is 0.287 e. The number of hydrogen-bond donors (Lipinski definition) is 1. The lowest BCUT2D eigenvalue weighted by atomic mass is 10.2. The van der Waals surface area contributed by atoms with Gasteiger partial charge >= 0.3 is 0 Å². The molecule has 1 fully saturated rings. The van der Waals surface area contributed by atoms with Gasteiger partial charge in [-0.25, -0.2) is 19.0 Å². The molecular weight excluding hydrogens is 461 g/mol. The third-order valence-corrected chi connectivity index (χ3v) is 6.44. The van der Waals surface area contributed by atoms with E-state index in [1.165, 1.54) is 12.1 Å². The summed E-state index contributed by atoms with van der Waals surface area (Å²) in [6.45, 7) is 4.01. The van der Waals surface area contributed by atoms with Crippen LogP contribution in [0.25, 0.3) is 22.0 Å². The van der Waals surface area contributed by atoms with Crippen LogP contribution >= 0.6 is 0 Å². The molecule has 0 atom stereocenters. The molecule has 1 saturated heterocycles. The molecule has 1 N–H and O–H groups in total. The summed E-state index contributed by atoms with van der Waals surface area (Å²) in [6.07, 6.45) is 3.33. The number of fused-ring (bicyclic) bond motifs is 2. The van der Waals surface area contributed by atoms with Crippen LogP contribution in [0.4, 0.5) is 15.9 Å². The molecular formula is C26H24FN7O2. The van der Waals surface area contributed by atoms with E-state index in [0.717, 1.165) is 54.1 Å². The molecule has 1 amide bonds. The van der Waals surface area contributed by atoms with Crippen LogP contribution in [-0.2, 0) is 6.54 Å². The zero-order chi connectivity index (χ0) is 24.5. The number of nitrogens with zero attached hydrogens (tertiary/aromatic N) is 6. The van der Waals surface area contributed by atoms with E-state index >= 15 is 0 Å². The van der Waals surface area contributed by atoms with Crippen LogP contribution in [0.15, 0.2) is 71.5 Å². The first-order chi connectivity index (χ1) is 17.7. The van der Waals surface area contributed by atoms with Crippen LogP contribution in [0.1, 0.15) is 10.6 Å². The Morgan fingerprint density at radius 1 is 1.00 bits per heavy atom. The smallest absolute Gasteiger partial charge is 0.287 e. The molecule has 1 aliphatic heterocycles. The van der Waals surface area contributed by atoms with Crippen LogP contribution < -0.4 is 15.1 Å². The highest BCUT2D eigenvalue weighted by molar-refractivity contribution is 5.96. The number of carbonyl (C=O) groups is 1. The molecule has 0 radical (unpaired) electrons. The minimum atomic E-state index is -0.267. The van der Waals surface area contributed by atoms with E-state index in [-0.39, 0.29) is 17.5 Å². The summed E-state index contributed by atoms with van der Waals surface area (Å²) in [4.78, 5) is 26.0. The molecule has 1 aliphatic rings. The van der Waals surface area contributed by atoms with Crippen molar-refractivity contribution in [3.05, 3.63) is 78.7 Å². The number of anilines is 2. The Balaban J connectivity index is 1.10. The second kappa shape index (κ2) is 9.29. The molecule has 3 aromatic heterocycles. The van der Waals surface area contributed by atoms with E-state index in [0.29, 0.717) is 18.7 Å². The molecule has 6 rings (SSSR count). The Bertz CT molecular complexity index is 1490. The molecule has 5 aromatic rings. The Hall–Kier alpha value is -4.47. The van der Waals surface area contributed by atoms with E-state index in [1.807, 2.05) is 36.4 Å². The van der Waals surface area contributed by atoms with Gasteiger partial charge in [-0.1, -0.05) is 18.2 Å². The number of benzene rings is 2. The first-order valence-electron chi connectivity index (χ1n) is 11.8. The Labute approximate surface area is 206 Å². The summed E-state index contributed by atoms with van der Waals surface area (Å²) in [5.74, 6) is 0.631. The fourth-order valence-electron chi connectivity index (χ4n) is 4.58. The van der Waals surface area contributed by atoms with E-state index < -0.39 is 0 Å². The van der Waals surface area contributed by atoms with Crippen molar-refractivity contribution in [3.63, 3.8) is 0 Å². The summed E-state index contributed by atoms with van der Waals surface area (Å²) in [7, 11) is 0. The molecule has 0 unspecified atom stereocenters. The number of para-hydroxylation sites is 1. The van der Waals surface area contributed by atoms with Crippen molar-refractivity contribution in [3.8, 4) is 0 Å². The van der Waals surface area contributed by atoms with E-state index in [9.17, 15) is 9.18 Å². The minimum absolute atomic E-state index is 0.230. The first kappa shape index (κ1) is 22.0. The van der Waals surface area contributed by atoms with Crippen molar-refractivity contribution in [2.75, 3.05) is 42.5 Å². The number of halogens is 1. The van der Waals surface area contributed by atoms with Gasteiger partial charge in [-0.3, -0.25) is 4.79 Å². The summed E-state index contributed by atoms with van der Waals surface area (Å²) in [5.41, 5.74) is 2.42. The predicted octanol–water partition coefficient (Wildman–Crippen LogP) is 3.47. The van der Waals surface area contributed by atoms with E-state index in [2.05, 4.69) is 30.2 Å². The Morgan fingerprint density at radius 3 is 2.58 bits per heavy atom. The number of aromatic nitrogens is 4. The highest BCUT2D eigenvalue weighted by Gasteiger charge is 2.22. The molecule has 36 heavy (non-hydrogen) atoms. The number of piperazine rings is 1. The second-order valence-electron chi connectivity index (χ2n) is 8.66. The van der Waals surface area contributed by atoms with Gasteiger partial charge in [0.15, 0.2) is 11.4 Å². The van der Waals surface area contributed by atoms with Crippen molar-refractivity contribution >= 4 is 39.4 Å². The fourth-order valence-corrected chi connectivity index (χ4v) is 4.58. The van der Waals surface area contributed by atoms with E-state index in [4.69, 9.17) is 4.42 Å². The van der Waals surface area contributed by atoms with E-state index in [1.54, 1.807) is 23.3 Å². The third kappa shape index (κ3) is 4.21. The lowest BCUT2D eigenvalue weighted by Gasteiger charge is -2.36. The maximum absolute atomic E-state index is 13.2. The normalized spacial score (nSPS) is 14.0. The highest BCUT2D eigenvalue weighted by atomic mass is 19.1. The number of amides is 1. The van der Waals surface area contributed by atoms with Gasteiger partial charge in [0.05, 0.1) is 18.1 Å². The third-order valence-electron chi connectivity index (χ3n) is 6.44. The zero-order valence-electron chi connectivity index (χ0n) is 19.5. The van der Waals surface area contributed by atoms with Gasteiger partial charge in [0.25, 0.3) is 5.91 Å². The number of hydrogen-bond acceptors (Lipinski definition) is 7. The summed E-state index contributed by atoms with van der Waals surface area (Å²) in [6, 6.07) is 15.9. The number of carbonyl (C=O) groups excluding carboxylic acids is 1. The average Bonchev–Trinajstić information content (AvgIpc) is 3.54. The lowest BCUT2D eigenvalue weighted by molar-refractivity contribution is 0.0926. The summed E-state index contributed by atoms with van der Waals surface area (Å²) < 4.78 is 20.7. The molecule has 4 heterocycles. The molecule has 2 aromatic carbocycles. The number of rotatable bonds is 6. The van der Waals surface area contributed by atoms with Gasteiger partial charge in [0, 0.05) is 43.8 Å². The van der Waals surface area contributed by atoms with Gasteiger partial charge < -0.3 is 19.5 Å². The second-order valence-corrected chi connectivity index (χ2v) is 8.66. The molecule has 0 spiro atoms. The minimum Gasteiger partial charge on any atom is -0.451 e. The quantitative estimate of drug-likeness (QED) is 0.394. The highest BCUT2D eigenvalue weighted by Crippen LogP contribution is 2.25. The van der Waals surface area contributed by atoms with Crippen LogP contribution in [0.5, 0.6) is 0 Å². The molecule has 0 saturated carbocycles. The van der Waals surface area contributed by atoms with Crippen LogP contribution in [0.2, 0.25) is 0 Å². The van der Waals surface area contributed by atoms with Gasteiger partial charge in [0.1, 0.15) is 23.5 Å². The van der Waals surface area contributed by atoms with Crippen molar-refractivity contribution in [1.82, 2.24) is 25.1 Å². The monoisotopic (exact) mass is 485 g/mol. The fraction of sp³-hybridized carbons (Fsp3) is 0.231. The molecule has 0 bridgehead atoms. The molecule has 182 valence electrons. The molecule has 9 nitrogen and oxygen atoms in total. The van der Waals surface area contributed by atoms with Crippen molar-refractivity contribution in [1.29, 1.82) is 0 Å². The van der Waals surface area contributed by atoms with Gasteiger partial charge in [-0.15, -0.1) is 0 Å². The maximum atomic E-state index is 13.2. The number of nitrogens with one attached hydrogen (secondary N) is 1. The van der Waals surface area contributed by atoms with Crippen molar-refractivity contribution in [2.24, 2.45) is 0 Å². The van der Waals surface area contributed by atoms with Crippen molar-refractivity contribution in [2.45, 2.75) is 6.54 Å². The topological polar surface area (TPSA) is 92.3 Å². The summed E-state index contributed by atoms with van der Waals surface area (Å²) >= 11 is 0. The number of furan rings is 1. The first-order valence-corrected chi connectivity index (χ1v) is 11.8. The average molecular weight is 486 g/mol. The Morgan fingerprint density at radius 2 is 1.78 bits per heavy atom. The zero-order valence-corrected chi connectivity index (χ0v) is 19.5. The van der Waals surface area contributed by atoms with Crippen LogP contribution in [-0.4, -0.2) is 58.4 Å². The SMILES string of the molecule is O=C(NCCn1ncc2c(N3CCN(c4ccc(F)cc4)CC3)ncnc21)c1cc2ccccc2o1. The Kier molecular flexibility index (Phi) is 5.68. The summed E-state index contributed by atoms with van der Waals surface area (Å²) in [5, 5.41) is 9.14. The largest absolute Gasteiger partial charge is 0.451 e. The van der Waals surface area contributed by atoms with Crippen molar-refractivity contribution < 1.29 is 13.6 Å². The van der Waals surface area contributed by atoms with Crippen LogP contribution in [0.3, 0.4) is 0 Å². The van der Waals surface area contributed by atoms with Gasteiger partial charge in [-0.2, -0.15) is 5.10 Å². The standard InChI is InChI=1S/C26H24FN7O2/c27-19-5-7-20(8-6-19)32-11-13-33(14-12-32)24-21-16-31-34(25(21)30-17-29-24)10-9-28-26(35)23-15-18-3-1-2-4-22(18)36-23/h1-8,15-17H,9-14H2,(H,28,35). The lowest BCUT2D eigenvalue weighted by Crippen LogP contribution is -2.46. The molecule has 10 heteroatoms. The predicted molar refractivity (Wildman–Crippen MR) is 135 cm³/mol.